The van der Waals surface area contributed by atoms with Crippen molar-refractivity contribution < 1.29 is 9.59 Å². The SMILES string of the molecule is CC(=O)NC1CCCN(C(=O)[C@H]2CCCN2)C1. The van der Waals surface area contributed by atoms with E-state index in [1.807, 2.05) is 4.90 Å². The summed E-state index contributed by atoms with van der Waals surface area (Å²) in [6.07, 6.45) is 3.98. The fraction of sp³-hybridized carbons (Fsp3) is 0.833. The fourth-order valence-corrected chi connectivity index (χ4v) is 2.70. The maximum atomic E-state index is 12.2. The molecule has 2 atom stereocenters. The van der Waals surface area contributed by atoms with Gasteiger partial charge >= 0.3 is 0 Å². The molecule has 2 saturated heterocycles. The molecule has 0 bridgehead atoms. The average Bonchev–Trinajstić information content (AvgIpc) is 2.81. The van der Waals surface area contributed by atoms with Gasteiger partial charge in [0.1, 0.15) is 0 Å². The van der Waals surface area contributed by atoms with E-state index in [1.54, 1.807) is 0 Å². The molecule has 5 heteroatoms. The van der Waals surface area contributed by atoms with Crippen molar-refractivity contribution in [2.45, 2.75) is 44.7 Å². The molecule has 0 spiro atoms. The highest BCUT2D eigenvalue weighted by molar-refractivity contribution is 5.82. The molecule has 2 aliphatic rings. The number of hydrogen-bond donors (Lipinski definition) is 2. The van der Waals surface area contributed by atoms with Gasteiger partial charge < -0.3 is 15.5 Å². The third-order valence-electron chi connectivity index (χ3n) is 3.50. The van der Waals surface area contributed by atoms with Crippen molar-refractivity contribution >= 4 is 11.8 Å². The highest BCUT2D eigenvalue weighted by Crippen LogP contribution is 2.14. The molecule has 2 fully saturated rings. The van der Waals surface area contributed by atoms with E-state index >= 15 is 0 Å². The zero-order valence-electron chi connectivity index (χ0n) is 10.4. The molecule has 0 aliphatic carbocycles. The molecule has 0 aromatic heterocycles. The van der Waals surface area contributed by atoms with E-state index in [0.717, 1.165) is 38.8 Å². The second-order valence-corrected chi connectivity index (χ2v) is 4.97. The van der Waals surface area contributed by atoms with Crippen LogP contribution in [0.15, 0.2) is 0 Å². The van der Waals surface area contributed by atoms with Crippen LogP contribution in [-0.2, 0) is 9.59 Å². The minimum atomic E-state index is -0.0108. The van der Waals surface area contributed by atoms with Crippen LogP contribution in [-0.4, -0.2) is 48.4 Å². The predicted octanol–water partition coefficient (Wildman–Crippen LogP) is -0.134. The van der Waals surface area contributed by atoms with Crippen molar-refractivity contribution in [3.8, 4) is 0 Å². The maximum absolute atomic E-state index is 12.2. The highest BCUT2D eigenvalue weighted by Gasteiger charge is 2.30. The summed E-state index contributed by atoms with van der Waals surface area (Å²) in [7, 11) is 0. The number of amides is 2. The van der Waals surface area contributed by atoms with Gasteiger partial charge in [-0.05, 0) is 32.2 Å². The molecule has 17 heavy (non-hydrogen) atoms. The summed E-state index contributed by atoms with van der Waals surface area (Å²) >= 11 is 0. The first-order valence-electron chi connectivity index (χ1n) is 6.46. The van der Waals surface area contributed by atoms with E-state index in [2.05, 4.69) is 10.6 Å². The van der Waals surface area contributed by atoms with Gasteiger partial charge in [0, 0.05) is 26.1 Å². The lowest BCUT2D eigenvalue weighted by molar-refractivity contribution is -0.135. The lowest BCUT2D eigenvalue weighted by atomic mass is 10.0. The Morgan fingerprint density at radius 2 is 2.12 bits per heavy atom. The van der Waals surface area contributed by atoms with Crippen LogP contribution in [0.3, 0.4) is 0 Å². The van der Waals surface area contributed by atoms with Crippen molar-refractivity contribution in [3.05, 3.63) is 0 Å². The molecule has 2 rings (SSSR count). The van der Waals surface area contributed by atoms with Crippen LogP contribution in [0, 0.1) is 0 Å². The van der Waals surface area contributed by atoms with Gasteiger partial charge in [0.15, 0.2) is 0 Å². The molecule has 5 nitrogen and oxygen atoms in total. The lowest BCUT2D eigenvalue weighted by Crippen LogP contribution is -2.53. The van der Waals surface area contributed by atoms with Gasteiger partial charge in [-0.25, -0.2) is 0 Å². The number of carbonyl (C=O) groups is 2. The number of piperidine rings is 1. The minimum Gasteiger partial charge on any atom is -0.352 e. The van der Waals surface area contributed by atoms with E-state index in [4.69, 9.17) is 0 Å². The molecule has 0 aromatic carbocycles. The standard InChI is InChI=1S/C12H21N3O2/c1-9(16)14-10-4-3-7-15(8-10)12(17)11-5-2-6-13-11/h10-11,13H,2-8H2,1H3,(H,14,16)/t10?,11-/m1/s1. The first-order chi connectivity index (χ1) is 8.16. The molecule has 0 aromatic rings. The Bertz CT molecular complexity index is 300. The van der Waals surface area contributed by atoms with Crippen LogP contribution in [0.4, 0.5) is 0 Å². The zero-order chi connectivity index (χ0) is 12.3. The van der Waals surface area contributed by atoms with E-state index in [9.17, 15) is 9.59 Å². The second-order valence-electron chi connectivity index (χ2n) is 4.97. The van der Waals surface area contributed by atoms with Gasteiger partial charge in [0.05, 0.1) is 6.04 Å². The summed E-state index contributed by atoms with van der Waals surface area (Å²) in [5.41, 5.74) is 0. The van der Waals surface area contributed by atoms with Gasteiger partial charge in [-0.3, -0.25) is 9.59 Å². The number of nitrogens with one attached hydrogen (secondary N) is 2. The third kappa shape index (κ3) is 3.19. The quantitative estimate of drug-likeness (QED) is 0.705. The minimum absolute atomic E-state index is 0.00563. The molecule has 2 N–H and O–H groups in total. The van der Waals surface area contributed by atoms with Crippen molar-refractivity contribution in [2.24, 2.45) is 0 Å². The molecule has 0 saturated carbocycles. The van der Waals surface area contributed by atoms with E-state index in [0.29, 0.717) is 6.54 Å². The highest BCUT2D eigenvalue weighted by atomic mass is 16.2. The molecule has 2 aliphatic heterocycles. The number of carbonyl (C=O) groups excluding carboxylic acids is 2. The Kier molecular flexibility index (Phi) is 3.99. The molecular weight excluding hydrogens is 218 g/mol. The Morgan fingerprint density at radius 3 is 2.76 bits per heavy atom. The van der Waals surface area contributed by atoms with Crippen LogP contribution < -0.4 is 10.6 Å². The molecule has 2 amide bonds. The molecule has 1 unspecified atom stereocenters. The Balaban J connectivity index is 1.87. The van der Waals surface area contributed by atoms with Gasteiger partial charge in [-0.1, -0.05) is 0 Å². The van der Waals surface area contributed by atoms with Gasteiger partial charge in [0.2, 0.25) is 11.8 Å². The van der Waals surface area contributed by atoms with Crippen LogP contribution >= 0.6 is 0 Å². The Hall–Kier alpha value is -1.10. The first kappa shape index (κ1) is 12.4. The lowest BCUT2D eigenvalue weighted by Gasteiger charge is -2.34. The smallest absolute Gasteiger partial charge is 0.239 e. The topological polar surface area (TPSA) is 61.4 Å². The van der Waals surface area contributed by atoms with Crippen LogP contribution in [0.1, 0.15) is 32.6 Å². The molecule has 0 radical (unpaired) electrons. The summed E-state index contributed by atoms with van der Waals surface area (Å²) in [6, 6.07) is 0.137. The molecular formula is C12H21N3O2. The van der Waals surface area contributed by atoms with Gasteiger partial charge in [-0.2, -0.15) is 0 Å². The van der Waals surface area contributed by atoms with Crippen molar-refractivity contribution in [1.82, 2.24) is 15.5 Å². The monoisotopic (exact) mass is 239 g/mol. The van der Waals surface area contributed by atoms with E-state index in [-0.39, 0.29) is 23.9 Å². The van der Waals surface area contributed by atoms with Crippen LogP contribution in [0.25, 0.3) is 0 Å². The van der Waals surface area contributed by atoms with Crippen molar-refractivity contribution in [1.29, 1.82) is 0 Å². The Morgan fingerprint density at radius 1 is 1.29 bits per heavy atom. The molecule has 96 valence electrons. The Labute approximate surface area is 102 Å². The van der Waals surface area contributed by atoms with E-state index in [1.165, 1.54) is 6.92 Å². The fourth-order valence-electron chi connectivity index (χ4n) is 2.70. The van der Waals surface area contributed by atoms with Crippen molar-refractivity contribution in [3.63, 3.8) is 0 Å². The average molecular weight is 239 g/mol. The summed E-state index contributed by atoms with van der Waals surface area (Å²) < 4.78 is 0. The van der Waals surface area contributed by atoms with E-state index < -0.39 is 0 Å². The summed E-state index contributed by atoms with van der Waals surface area (Å²) in [4.78, 5) is 25.1. The zero-order valence-corrected chi connectivity index (χ0v) is 10.4. The second kappa shape index (κ2) is 5.49. The molecule has 2 heterocycles. The van der Waals surface area contributed by atoms with Crippen LogP contribution in [0.2, 0.25) is 0 Å². The predicted molar refractivity (Wildman–Crippen MR) is 64.4 cm³/mol. The first-order valence-corrected chi connectivity index (χ1v) is 6.46. The summed E-state index contributed by atoms with van der Waals surface area (Å²) in [6.45, 7) is 3.96. The summed E-state index contributed by atoms with van der Waals surface area (Å²) in [5.74, 6) is 0.195. The van der Waals surface area contributed by atoms with Gasteiger partial charge in [-0.15, -0.1) is 0 Å². The number of nitrogens with zero attached hydrogens (tertiary/aromatic N) is 1. The number of likely N-dealkylation sites (tertiary alicyclic amines) is 1. The van der Waals surface area contributed by atoms with Gasteiger partial charge in [0.25, 0.3) is 0 Å². The largest absolute Gasteiger partial charge is 0.352 e. The summed E-state index contributed by atoms with van der Waals surface area (Å²) in [5, 5.41) is 6.13. The number of rotatable bonds is 2. The normalized spacial score (nSPS) is 29.1. The third-order valence-corrected chi connectivity index (χ3v) is 3.50. The number of hydrogen-bond acceptors (Lipinski definition) is 3. The van der Waals surface area contributed by atoms with Crippen LogP contribution in [0.5, 0.6) is 0 Å². The maximum Gasteiger partial charge on any atom is 0.239 e. The van der Waals surface area contributed by atoms with Crippen molar-refractivity contribution in [2.75, 3.05) is 19.6 Å².